The Balaban J connectivity index is 1.38. The molecule has 0 spiro atoms. The lowest BCUT2D eigenvalue weighted by Gasteiger charge is -2.34. The van der Waals surface area contributed by atoms with Crippen molar-refractivity contribution in [1.29, 1.82) is 0 Å². The van der Waals surface area contributed by atoms with Crippen LogP contribution in [0.1, 0.15) is 39.9 Å². The van der Waals surface area contributed by atoms with Crippen molar-refractivity contribution < 1.29 is 28.7 Å². The molecule has 2 aliphatic rings. The lowest BCUT2D eigenvalue weighted by atomic mass is 10.0. The van der Waals surface area contributed by atoms with Crippen molar-refractivity contribution in [2.24, 2.45) is 5.73 Å². The molecule has 0 saturated carbocycles. The van der Waals surface area contributed by atoms with E-state index in [2.05, 4.69) is 10.6 Å². The summed E-state index contributed by atoms with van der Waals surface area (Å²) in [5, 5.41) is 5.55. The number of hydrogen-bond donors (Lipinski definition) is 3. The highest BCUT2D eigenvalue weighted by Gasteiger charge is 2.43. The third-order valence-corrected chi connectivity index (χ3v) is 6.15. The molecule has 0 bridgehead atoms. The SMILES string of the molecule is Cc1ccc(NC(=O)NCc2ccc3c(c2)CN(C2CCC(=O)N(COC(=O)CN)C2=O)C3=O)cc1. The minimum Gasteiger partial charge on any atom is -0.443 e. The summed E-state index contributed by atoms with van der Waals surface area (Å²) in [6.07, 6.45) is 0.230. The number of urea groups is 1. The van der Waals surface area contributed by atoms with Crippen molar-refractivity contribution in [2.75, 3.05) is 18.6 Å². The minimum atomic E-state index is -0.846. The van der Waals surface area contributed by atoms with Crippen molar-refractivity contribution in [3.8, 4) is 0 Å². The average Bonchev–Trinajstić information content (AvgIpc) is 3.19. The molecule has 4 rings (SSSR count). The van der Waals surface area contributed by atoms with Gasteiger partial charge in [-0.3, -0.25) is 19.2 Å². The van der Waals surface area contributed by atoms with Gasteiger partial charge in [-0.25, -0.2) is 9.69 Å². The Morgan fingerprint density at radius 1 is 1.11 bits per heavy atom. The van der Waals surface area contributed by atoms with Gasteiger partial charge in [-0.15, -0.1) is 0 Å². The van der Waals surface area contributed by atoms with E-state index in [-0.39, 0.29) is 44.4 Å². The molecule has 4 N–H and O–H groups in total. The van der Waals surface area contributed by atoms with Crippen molar-refractivity contribution in [2.45, 2.75) is 38.9 Å². The number of amides is 5. The first kappa shape index (κ1) is 24.9. The standard InChI is InChI=1S/C25H27N5O6/c1-15-2-5-18(6-3-15)28-25(35)27-12-16-4-7-19-17(10-16)13-29(23(19)33)20-8-9-21(31)30(24(20)34)14-36-22(32)11-26/h2-7,10,20H,8-9,11-14,26H2,1H3,(H2,27,28,35). The second-order valence-electron chi connectivity index (χ2n) is 8.66. The summed E-state index contributed by atoms with van der Waals surface area (Å²) < 4.78 is 4.85. The minimum absolute atomic E-state index is 0.0436. The molecule has 2 aromatic rings. The monoisotopic (exact) mass is 493 g/mol. The summed E-state index contributed by atoms with van der Waals surface area (Å²) in [4.78, 5) is 64.1. The van der Waals surface area contributed by atoms with Gasteiger partial charge in [-0.1, -0.05) is 29.8 Å². The molecule has 2 aromatic carbocycles. The van der Waals surface area contributed by atoms with Gasteiger partial charge in [0, 0.05) is 30.8 Å². The van der Waals surface area contributed by atoms with Gasteiger partial charge in [-0.2, -0.15) is 0 Å². The Kier molecular flexibility index (Phi) is 7.30. The molecule has 11 heteroatoms. The fraction of sp³-hybridized carbons (Fsp3) is 0.320. The summed E-state index contributed by atoms with van der Waals surface area (Å²) >= 11 is 0. The predicted molar refractivity (Wildman–Crippen MR) is 128 cm³/mol. The molecule has 0 aromatic heterocycles. The fourth-order valence-corrected chi connectivity index (χ4v) is 4.19. The van der Waals surface area contributed by atoms with Crippen LogP contribution >= 0.6 is 0 Å². The number of esters is 1. The summed E-state index contributed by atoms with van der Waals surface area (Å²) in [5.41, 5.74) is 8.95. The Labute approximate surface area is 207 Å². The highest BCUT2D eigenvalue weighted by atomic mass is 16.5. The van der Waals surface area contributed by atoms with E-state index in [1.165, 1.54) is 4.90 Å². The third kappa shape index (κ3) is 5.36. The van der Waals surface area contributed by atoms with Gasteiger partial charge >= 0.3 is 12.0 Å². The van der Waals surface area contributed by atoms with E-state index in [0.29, 0.717) is 11.3 Å². The number of carbonyl (C=O) groups excluding carboxylic acids is 5. The van der Waals surface area contributed by atoms with Gasteiger partial charge in [0.25, 0.3) is 11.8 Å². The van der Waals surface area contributed by atoms with Gasteiger partial charge in [0.15, 0.2) is 6.73 Å². The molecule has 36 heavy (non-hydrogen) atoms. The van der Waals surface area contributed by atoms with Crippen LogP contribution in [0.2, 0.25) is 0 Å². The zero-order chi connectivity index (χ0) is 25.8. The number of nitrogens with one attached hydrogen (secondary N) is 2. The van der Waals surface area contributed by atoms with Crippen LogP contribution in [0.25, 0.3) is 0 Å². The van der Waals surface area contributed by atoms with Gasteiger partial charge < -0.3 is 26.0 Å². The molecule has 5 amide bonds. The molecule has 0 aliphatic carbocycles. The molecule has 1 unspecified atom stereocenters. The van der Waals surface area contributed by atoms with E-state index in [0.717, 1.165) is 21.6 Å². The number of carbonyl (C=O) groups is 5. The van der Waals surface area contributed by atoms with Crippen LogP contribution in [0.5, 0.6) is 0 Å². The van der Waals surface area contributed by atoms with Crippen molar-refractivity contribution >= 4 is 35.4 Å². The maximum atomic E-state index is 13.0. The Hall–Kier alpha value is -4.25. The van der Waals surface area contributed by atoms with E-state index < -0.39 is 30.6 Å². The van der Waals surface area contributed by atoms with E-state index in [9.17, 15) is 24.0 Å². The molecular weight excluding hydrogens is 466 g/mol. The van der Waals surface area contributed by atoms with Crippen LogP contribution in [-0.2, 0) is 32.2 Å². The normalized spacial score (nSPS) is 17.2. The molecule has 2 aliphatic heterocycles. The van der Waals surface area contributed by atoms with Crippen LogP contribution in [0.4, 0.5) is 10.5 Å². The van der Waals surface area contributed by atoms with Crippen LogP contribution in [0.15, 0.2) is 42.5 Å². The van der Waals surface area contributed by atoms with E-state index >= 15 is 0 Å². The largest absolute Gasteiger partial charge is 0.443 e. The van der Waals surface area contributed by atoms with Crippen molar-refractivity contribution in [1.82, 2.24) is 15.1 Å². The average molecular weight is 494 g/mol. The molecule has 11 nitrogen and oxygen atoms in total. The maximum absolute atomic E-state index is 13.0. The molecular formula is C25H27N5O6. The number of piperidine rings is 1. The number of nitrogens with zero attached hydrogens (tertiary/aromatic N) is 2. The number of likely N-dealkylation sites (tertiary alicyclic amines) is 1. The number of nitrogens with two attached hydrogens (primary N) is 1. The van der Waals surface area contributed by atoms with Crippen molar-refractivity contribution in [3.05, 3.63) is 64.7 Å². The highest BCUT2D eigenvalue weighted by molar-refractivity contribution is 6.05. The predicted octanol–water partition coefficient (Wildman–Crippen LogP) is 1.25. The third-order valence-electron chi connectivity index (χ3n) is 6.15. The number of aryl methyl sites for hydroxylation is 1. The smallest absolute Gasteiger partial charge is 0.321 e. The lowest BCUT2D eigenvalue weighted by Crippen LogP contribution is -2.55. The topological polar surface area (TPSA) is 151 Å². The second-order valence-corrected chi connectivity index (χ2v) is 8.66. The van der Waals surface area contributed by atoms with Crippen molar-refractivity contribution in [3.63, 3.8) is 0 Å². The van der Waals surface area contributed by atoms with Gasteiger partial charge in [0.05, 0.1) is 6.54 Å². The first-order valence-electron chi connectivity index (χ1n) is 11.5. The molecule has 1 saturated heterocycles. The Morgan fingerprint density at radius 2 is 1.86 bits per heavy atom. The number of benzene rings is 2. The molecule has 188 valence electrons. The molecule has 0 radical (unpaired) electrons. The first-order valence-corrected chi connectivity index (χ1v) is 11.5. The highest BCUT2D eigenvalue weighted by Crippen LogP contribution is 2.29. The maximum Gasteiger partial charge on any atom is 0.321 e. The second kappa shape index (κ2) is 10.6. The Morgan fingerprint density at radius 3 is 2.58 bits per heavy atom. The first-order chi connectivity index (χ1) is 17.3. The summed E-state index contributed by atoms with van der Waals surface area (Å²) in [6, 6.07) is 11.5. The van der Waals surface area contributed by atoms with Crippen LogP contribution < -0.4 is 16.4 Å². The van der Waals surface area contributed by atoms with E-state index in [1.807, 2.05) is 37.3 Å². The van der Waals surface area contributed by atoms with E-state index in [1.54, 1.807) is 12.1 Å². The zero-order valence-electron chi connectivity index (χ0n) is 19.8. The number of fused-ring (bicyclic) bond motifs is 1. The summed E-state index contributed by atoms with van der Waals surface area (Å²) in [7, 11) is 0. The number of hydrogen-bond acceptors (Lipinski definition) is 7. The van der Waals surface area contributed by atoms with Crippen LogP contribution in [0, 0.1) is 6.92 Å². The van der Waals surface area contributed by atoms with E-state index in [4.69, 9.17) is 10.5 Å². The molecule has 2 heterocycles. The number of imide groups is 1. The van der Waals surface area contributed by atoms with Gasteiger partial charge in [-0.05, 0) is 42.7 Å². The Bertz CT molecular complexity index is 1210. The molecule has 1 atom stereocenters. The van der Waals surface area contributed by atoms with Gasteiger partial charge in [0.2, 0.25) is 5.91 Å². The lowest BCUT2D eigenvalue weighted by molar-refractivity contribution is -0.163. The molecule has 1 fully saturated rings. The summed E-state index contributed by atoms with van der Waals surface area (Å²) in [5.74, 6) is -2.11. The zero-order valence-corrected chi connectivity index (χ0v) is 19.8. The summed E-state index contributed by atoms with van der Waals surface area (Å²) in [6.45, 7) is 1.50. The van der Waals surface area contributed by atoms with Crippen LogP contribution in [0.3, 0.4) is 0 Å². The van der Waals surface area contributed by atoms with Crippen LogP contribution in [-0.4, -0.2) is 58.8 Å². The number of rotatable bonds is 7. The number of ether oxygens (including phenoxy) is 1. The fourth-order valence-electron chi connectivity index (χ4n) is 4.19. The van der Waals surface area contributed by atoms with Gasteiger partial charge in [0.1, 0.15) is 6.04 Å². The quantitative estimate of drug-likeness (QED) is 0.388. The number of anilines is 1.